The molecule has 0 fully saturated rings. The van der Waals surface area contributed by atoms with E-state index in [1.165, 1.54) is 0 Å². The Kier molecular flexibility index (Phi) is 7.10. The highest BCUT2D eigenvalue weighted by Gasteiger charge is 2.09. The zero-order chi connectivity index (χ0) is 14.1. The van der Waals surface area contributed by atoms with E-state index in [1.54, 1.807) is 6.33 Å². The molecular formula is C13H25N5O. The highest BCUT2D eigenvalue weighted by molar-refractivity contribution is 5.75. The second kappa shape index (κ2) is 8.63. The molecule has 108 valence electrons. The van der Waals surface area contributed by atoms with Crippen molar-refractivity contribution in [3.63, 3.8) is 0 Å². The fourth-order valence-electron chi connectivity index (χ4n) is 2.06. The van der Waals surface area contributed by atoms with E-state index in [-0.39, 0.29) is 5.91 Å². The fourth-order valence-corrected chi connectivity index (χ4v) is 2.06. The van der Waals surface area contributed by atoms with Gasteiger partial charge in [0.15, 0.2) is 0 Å². The van der Waals surface area contributed by atoms with Crippen LogP contribution in [0.5, 0.6) is 0 Å². The third-order valence-corrected chi connectivity index (χ3v) is 3.41. The molecule has 0 aromatic carbocycles. The Bertz CT molecular complexity index is 377. The average Bonchev–Trinajstić information content (AvgIpc) is 2.80. The number of carbonyl (C=O) groups is 1. The van der Waals surface area contributed by atoms with Crippen molar-refractivity contribution in [1.29, 1.82) is 0 Å². The molecule has 0 radical (unpaired) electrons. The molecule has 1 unspecified atom stereocenters. The summed E-state index contributed by atoms with van der Waals surface area (Å²) in [4.78, 5) is 11.7. The zero-order valence-electron chi connectivity index (χ0n) is 11.9. The Morgan fingerprint density at radius 3 is 2.89 bits per heavy atom. The molecule has 0 aliphatic rings. The van der Waals surface area contributed by atoms with Crippen molar-refractivity contribution < 1.29 is 4.79 Å². The Balaban J connectivity index is 2.16. The molecule has 0 aliphatic heterocycles. The van der Waals surface area contributed by atoms with Gasteiger partial charge in [-0.25, -0.2) is 0 Å². The summed E-state index contributed by atoms with van der Waals surface area (Å²) >= 11 is 0. The van der Waals surface area contributed by atoms with Gasteiger partial charge in [-0.15, -0.1) is 10.2 Å². The second-order valence-corrected chi connectivity index (χ2v) is 4.85. The van der Waals surface area contributed by atoms with Crippen LogP contribution >= 0.6 is 0 Å². The van der Waals surface area contributed by atoms with Gasteiger partial charge >= 0.3 is 0 Å². The van der Waals surface area contributed by atoms with Crippen LogP contribution in [-0.2, 0) is 18.3 Å². The van der Waals surface area contributed by atoms with Crippen molar-refractivity contribution in [2.24, 2.45) is 18.7 Å². The number of nitrogens with one attached hydrogen (secondary N) is 1. The first-order valence-electron chi connectivity index (χ1n) is 6.97. The molecule has 0 aliphatic carbocycles. The fraction of sp³-hybridized carbons (Fsp3) is 0.769. The summed E-state index contributed by atoms with van der Waals surface area (Å²) in [6, 6.07) is 0. The van der Waals surface area contributed by atoms with E-state index in [0.29, 0.717) is 31.8 Å². The van der Waals surface area contributed by atoms with E-state index in [9.17, 15) is 4.79 Å². The van der Waals surface area contributed by atoms with Gasteiger partial charge in [0, 0.05) is 26.4 Å². The highest BCUT2D eigenvalue weighted by atomic mass is 16.1. The van der Waals surface area contributed by atoms with Crippen LogP contribution in [0.2, 0.25) is 0 Å². The summed E-state index contributed by atoms with van der Waals surface area (Å²) in [5.41, 5.74) is 5.54. The van der Waals surface area contributed by atoms with Crippen LogP contribution < -0.4 is 11.1 Å². The number of hydrogen-bond donors (Lipinski definition) is 2. The third-order valence-electron chi connectivity index (χ3n) is 3.41. The average molecular weight is 267 g/mol. The Hall–Kier alpha value is -1.43. The van der Waals surface area contributed by atoms with E-state index >= 15 is 0 Å². The second-order valence-electron chi connectivity index (χ2n) is 4.85. The lowest BCUT2D eigenvalue weighted by atomic mass is 9.96. The Labute approximate surface area is 114 Å². The van der Waals surface area contributed by atoms with Crippen LogP contribution in [0.1, 0.15) is 38.4 Å². The quantitative estimate of drug-likeness (QED) is 0.687. The van der Waals surface area contributed by atoms with Gasteiger partial charge in [0.2, 0.25) is 5.91 Å². The number of carbonyl (C=O) groups excluding carboxylic acids is 1. The summed E-state index contributed by atoms with van der Waals surface area (Å²) in [5.74, 6) is 1.56. The molecule has 1 heterocycles. The molecule has 6 nitrogen and oxygen atoms in total. The van der Waals surface area contributed by atoms with Gasteiger partial charge in [-0.1, -0.05) is 13.3 Å². The Morgan fingerprint density at radius 2 is 2.32 bits per heavy atom. The van der Waals surface area contributed by atoms with E-state index in [2.05, 4.69) is 22.4 Å². The monoisotopic (exact) mass is 267 g/mol. The van der Waals surface area contributed by atoms with Gasteiger partial charge < -0.3 is 15.6 Å². The van der Waals surface area contributed by atoms with Crippen molar-refractivity contribution in [3.05, 3.63) is 12.2 Å². The molecule has 1 rings (SSSR count). The first-order valence-corrected chi connectivity index (χ1v) is 6.97. The molecule has 0 saturated heterocycles. The van der Waals surface area contributed by atoms with E-state index in [4.69, 9.17) is 5.73 Å². The molecule has 1 atom stereocenters. The zero-order valence-corrected chi connectivity index (χ0v) is 11.9. The Morgan fingerprint density at radius 1 is 1.53 bits per heavy atom. The number of nitrogens with two attached hydrogens (primary N) is 1. The van der Waals surface area contributed by atoms with Crippen LogP contribution in [0, 0.1) is 5.92 Å². The minimum Gasteiger partial charge on any atom is -0.356 e. The minimum atomic E-state index is 0.109. The van der Waals surface area contributed by atoms with Crippen molar-refractivity contribution in [2.45, 2.75) is 39.0 Å². The van der Waals surface area contributed by atoms with E-state index in [1.807, 2.05) is 11.6 Å². The SMILES string of the molecule is CCC(CCN)CCC(=O)NCCc1nncn1C. The maximum Gasteiger partial charge on any atom is 0.220 e. The predicted octanol–water partition coefficient (Wildman–Crippen LogP) is 0.629. The molecule has 6 heteroatoms. The number of aryl methyl sites for hydroxylation is 1. The van der Waals surface area contributed by atoms with Crippen molar-refractivity contribution in [1.82, 2.24) is 20.1 Å². The predicted molar refractivity (Wildman–Crippen MR) is 74.4 cm³/mol. The van der Waals surface area contributed by atoms with Gasteiger partial charge in [-0.3, -0.25) is 4.79 Å². The summed E-state index contributed by atoms with van der Waals surface area (Å²) in [6.07, 6.45) is 5.96. The minimum absolute atomic E-state index is 0.109. The highest BCUT2D eigenvalue weighted by Crippen LogP contribution is 2.14. The molecule has 3 N–H and O–H groups in total. The molecule has 0 spiro atoms. The molecule has 1 aromatic rings. The molecule has 1 aromatic heterocycles. The number of hydrogen-bond acceptors (Lipinski definition) is 4. The molecule has 19 heavy (non-hydrogen) atoms. The lowest BCUT2D eigenvalue weighted by molar-refractivity contribution is -0.121. The first-order chi connectivity index (χ1) is 9.17. The lowest BCUT2D eigenvalue weighted by Gasteiger charge is -2.13. The molecule has 1 amide bonds. The van der Waals surface area contributed by atoms with Gasteiger partial charge in [-0.2, -0.15) is 0 Å². The lowest BCUT2D eigenvalue weighted by Crippen LogP contribution is -2.26. The van der Waals surface area contributed by atoms with Gasteiger partial charge in [-0.05, 0) is 25.3 Å². The smallest absolute Gasteiger partial charge is 0.220 e. The first kappa shape index (κ1) is 15.6. The van der Waals surface area contributed by atoms with Crippen LogP contribution in [0.25, 0.3) is 0 Å². The number of amides is 1. The summed E-state index contributed by atoms with van der Waals surface area (Å²) < 4.78 is 1.86. The van der Waals surface area contributed by atoms with Crippen LogP contribution in [0.3, 0.4) is 0 Å². The topological polar surface area (TPSA) is 85.8 Å². The summed E-state index contributed by atoms with van der Waals surface area (Å²) in [5, 5.41) is 10.7. The van der Waals surface area contributed by atoms with Gasteiger partial charge in [0.05, 0.1) is 0 Å². The summed E-state index contributed by atoms with van der Waals surface area (Å²) in [6.45, 7) is 3.46. The maximum absolute atomic E-state index is 11.7. The number of rotatable bonds is 9. The van der Waals surface area contributed by atoms with Gasteiger partial charge in [0.25, 0.3) is 0 Å². The van der Waals surface area contributed by atoms with Crippen LogP contribution in [0.4, 0.5) is 0 Å². The van der Waals surface area contributed by atoms with E-state index < -0.39 is 0 Å². The molecule has 0 bridgehead atoms. The number of aromatic nitrogens is 3. The van der Waals surface area contributed by atoms with Gasteiger partial charge in [0.1, 0.15) is 12.2 Å². The van der Waals surface area contributed by atoms with Crippen molar-refractivity contribution in [3.8, 4) is 0 Å². The van der Waals surface area contributed by atoms with Crippen molar-refractivity contribution >= 4 is 5.91 Å². The normalized spacial score (nSPS) is 12.4. The van der Waals surface area contributed by atoms with Crippen LogP contribution in [0.15, 0.2) is 6.33 Å². The molecule has 0 saturated carbocycles. The van der Waals surface area contributed by atoms with Crippen LogP contribution in [-0.4, -0.2) is 33.8 Å². The number of nitrogens with zero attached hydrogens (tertiary/aromatic N) is 3. The standard InChI is InChI=1S/C13H25N5O/c1-3-11(6-8-14)4-5-13(19)15-9-7-12-17-16-10-18(12)2/h10-11H,3-9,14H2,1-2H3,(H,15,19). The van der Waals surface area contributed by atoms with Crippen molar-refractivity contribution in [2.75, 3.05) is 13.1 Å². The maximum atomic E-state index is 11.7. The third kappa shape index (κ3) is 5.83. The van der Waals surface area contributed by atoms with E-state index in [0.717, 1.165) is 25.1 Å². The summed E-state index contributed by atoms with van der Waals surface area (Å²) in [7, 11) is 1.90. The largest absolute Gasteiger partial charge is 0.356 e. The molecular weight excluding hydrogens is 242 g/mol.